The van der Waals surface area contributed by atoms with Crippen LogP contribution in [-0.2, 0) is 11.3 Å². The van der Waals surface area contributed by atoms with Gasteiger partial charge in [0, 0.05) is 20.3 Å². The predicted molar refractivity (Wildman–Crippen MR) is 51.3 cm³/mol. The normalized spacial score (nSPS) is 10.4. The van der Waals surface area contributed by atoms with Gasteiger partial charge in [0.1, 0.15) is 0 Å². The molecule has 0 atom stereocenters. The number of rotatable bonds is 4. The van der Waals surface area contributed by atoms with Gasteiger partial charge in [-0.1, -0.05) is 0 Å². The van der Waals surface area contributed by atoms with Crippen LogP contribution in [0.4, 0.5) is 0 Å². The Hall–Kier alpha value is -0.390. The van der Waals surface area contributed by atoms with Crippen LogP contribution in [0.5, 0.6) is 5.88 Å². The zero-order chi connectivity index (χ0) is 8.97. The molecule has 0 spiro atoms. The Morgan fingerprint density at radius 3 is 3.00 bits per heavy atom. The molecule has 0 fully saturated rings. The summed E-state index contributed by atoms with van der Waals surface area (Å²) < 4.78 is 7.31. The first-order valence-corrected chi connectivity index (χ1v) is 4.90. The van der Waals surface area contributed by atoms with Crippen molar-refractivity contribution in [3.63, 3.8) is 0 Å². The molecule has 0 unspecified atom stereocenters. The summed E-state index contributed by atoms with van der Waals surface area (Å²) in [5.74, 6) is 0.251. The highest BCUT2D eigenvalue weighted by Gasteiger charge is 2.00. The first-order chi connectivity index (χ1) is 5.75. The van der Waals surface area contributed by atoms with E-state index in [0.717, 1.165) is 13.0 Å². The number of hydrogen-bond acceptors (Lipinski definition) is 4. The van der Waals surface area contributed by atoms with Gasteiger partial charge in [-0.2, -0.15) is 0 Å². The Bertz CT molecular complexity index is 292. The quantitative estimate of drug-likeness (QED) is 0.603. The van der Waals surface area contributed by atoms with Crippen LogP contribution in [-0.4, -0.2) is 23.4 Å². The van der Waals surface area contributed by atoms with Crippen molar-refractivity contribution in [1.82, 2.24) is 4.57 Å². The van der Waals surface area contributed by atoms with E-state index in [1.807, 2.05) is 0 Å². The van der Waals surface area contributed by atoms with Gasteiger partial charge in [0.15, 0.2) is 3.95 Å². The molecule has 0 aliphatic rings. The summed E-state index contributed by atoms with van der Waals surface area (Å²) in [6.07, 6.45) is 0.870. The first kappa shape index (κ1) is 9.70. The fraction of sp³-hybridized carbons (Fsp3) is 0.571. The van der Waals surface area contributed by atoms with E-state index in [1.165, 1.54) is 11.3 Å². The summed E-state index contributed by atoms with van der Waals surface area (Å²) in [7, 11) is 1.66. The van der Waals surface area contributed by atoms with Gasteiger partial charge in [0.25, 0.3) is 0 Å². The summed E-state index contributed by atoms with van der Waals surface area (Å²) in [6.45, 7) is 1.42. The van der Waals surface area contributed by atoms with E-state index in [4.69, 9.17) is 17.0 Å². The van der Waals surface area contributed by atoms with Crippen LogP contribution >= 0.6 is 23.6 Å². The minimum absolute atomic E-state index is 0.251. The molecule has 3 nitrogen and oxygen atoms in total. The highest BCUT2D eigenvalue weighted by Crippen LogP contribution is 2.17. The molecule has 0 radical (unpaired) electrons. The summed E-state index contributed by atoms with van der Waals surface area (Å²) in [5, 5.41) is 10.9. The monoisotopic (exact) mass is 205 g/mol. The maximum absolute atomic E-state index is 9.30. The van der Waals surface area contributed by atoms with E-state index in [9.17, 15) is 5.11 Å². The standard InChI is InChI=1S/C7H11NO2S2/c1-10-4-2-3-8-6(9)5-12-7(8)11/h5,9H,2-4H2,1H3. The van der Waals surface area contributed by atoms with E-state index >= 15 is 0 Å². The molecule has 1 N–H and O–H groups in total. The molecule has 1 rings (SSSR count). The number of ether oxygens (including phenoxy) is 1. The second-order valence-electron chi connectivity index (χ2n) is 2.36. The maximum atomic E-state index is 9.30. The average molecular weight is 205 g/mol. The molecule has 0 saturated heterocycles. The van der Waals surface area contributed by atoms with Crippen molar-refractivity contribution in [3.05, 3.63) is 9.33 Å². The Kier molecular flexibility index (Phi) is 3.71. The summed E-state index contributed by atoms with van der Waals surface area (Å²) in [4.78, 5) is 0. The van der Waals surface area contributed by atoms with E-state index < -0.39 is 0 Å². The number of aromatic nitrogens is 1. The van der Waals surface area contributed by atoms with Crippen molar-refractivity contribution in [3.8, 4) is 5.88 Å². The molecular formula is C7H11NO2S2. The van der Waals surface area contributed by atoms with Crippen LogP contribution in [0.25, 0.3) is 0 Å². The fourth-order valence-electron chi connectivity index (χ4n) is 0.897. The molecule has 0 saturated carbocycles. The van der Waals surface area contributed by atoms with Crippen LogP contribution < -0.4 is 0 Å². The summed E-state index contributed by atoms with van der Waals surface area (Å²) in [5.41, 5.74) is 0. The lowest BCUT2D eigenvalue weighted by Crippen LogP contribution is -2.00. The van der Waals surface area contributed by atoms with Gasteiger partial charge in [-0.05, 0) is 18.6 Å². The third kappa shape index (κ3) is 2.30. The highest BCUT2D eigenvalue weighted by molar-refractivity contribution is 7.73. The molecule has 0 amide bonds. The molecule has 5 heteroatoms. The van der Waals surface area contributed by atoms with Crippen LogP contribution in [0, 0.1) is 3.95 Å². The van der Waals surface area contributed by atoms with Gasteiger partial charge >= 0.3 is 0 Å². The van der Waals surface area contributed by atoms with Crippen molar-refractivity contribution in [2.75, 3.05) is 13.7 Å². The molecule has 68 valence electrons. The van der Waals surface area contributed by atoms with E-state index in [1.54, 1.807) is 17.1 Å². The van der Waals surface area contributed by atoms with Gasteiger partial charge in [0.2, 0.25) is 5.88 Å². The number of thiazole rings is 1. The second kappa shape index (κ2) is 4.59. The van der Waals surface area contributed by atoms with E-state index in [2.05, 4.69) is 0 Å². The van der Waals surface area contributed by atoms with Gasteiger partial charge in [0.05, 0.1) is 5.38 Å². The van der Waals surface area contributed by atoms with Crippen LogP contribution in [0.15, 0.2) is 5.38 Å². The molecule has 1 aromatic rings. The molecule has 0 bridgehead atoms. The Morgan fingerprint density at radius 1 is 1.75 bits per heavy atom. The molecule has 1 heterocycles. The van der Waals surface area contributed by atoms with Gasteiger partial charge < -0.3 is 9.84 Å². The maximum Gasteiger partial charge on any atom is 0.202 e. The lowest BCUT2D eigenvalue weighted by Gasteiger charge is -2.02. The number of aromatic hydroxyl groups is 1. The molecule has 0 aliphatic carbocycles. The van der Waals surface area contributed by atoms with Crippen molar-refractivity contribution in [1.29, 1.82) is 0 Å². The fourth-order valence-corrected chi connectivity index (χ4v) is 1.87. The minimum atomic E-state index is 0.251. The zero-order valence-electron chi connectivity index (χ0n) is 6.82. The molecule has 0 aliphatic heterocycles. The predicted octanol–water partition coefficient (Wildman–Crippen LogP) is 2.02. The number of hydrogen-bond donors (Lipinski definition) is 1. The third-order valence-corrected chi connectivity index (χ3v) is 2.75. The highest BCUT2D eigenvalue weighted by atomic mass is 32.1. The van der Waals surface area contributed by atoms with Gasteiger partial charge in [-0.15, -0.1) is 11.3 Å². The minimum Gasteiger partial charge on any atom is -0.494 e. The van der Waals surface area contributed by atoms with E-state index in [0.29, 0.717) is 10.6 Å². The number of methoxy groups -OCH3 is 1. The zero-order valence-corrected chi connectivity index (χ0v) is 8.45. The van der Waals surface area contributed by atoms with Crippen LogP contribution in [0.3, 0.4) is 0 Å². The largest absolute Gasteiger partial charge is 0.494 e. The lowest BCUT2D eigenvalue weighted by molar-refractivity contribution is 0.189. The molecule has 1 aromatic heterocycles. The first-order valence-electron chi connectivity index (χ1n) is 3.62. The van der Waals surface area contributed by atoms with E-state index in [-0.39, 0.29) is 5.88 Å². The Balaban J connectivity index is 2.56. The third-order valence-electron chi connectivity index (χ3n) is 1.49. The van der Waals surface area contributed by atoms with Crippen molar-refractivity contribution >= 4 is 23.6 Å². The van der Waals surface area contributed by atoms with Crippen molar-refractivity contribution in [2.24, 2.45) is 0 Å². The number of nitrogens with zero attached hydrogens (tertiary/aromatic N) is 1. The van der Waals surface area contributed by atoms with Crippen molar-refractivity contribution in [2.45, 2.75) is 13.0 Å². The van der Waals surface area contributed by atoms with Crippen LogP contribution in [0.2, 0.25) is 0 Å². The Labute approximate surface area is 80.2 Å². The van der Waals surface area contributed by atoms with Crippen molar-refractivity contribution < 1.29 is 9.84 Å². The summed E-state index contributed by atoms with van der Waals surface area (Å²) in [6, 6.07) is 0. The second-order valence-corrected chi connectivity index (χ2v) is 3.86. The van der Waals surface area contributed by atoms with Crippen LogP contribution in [0.1, 0.15) is 6.42 Å². The smallest absolute Gasteiger partial charge is 0.202 e. The summed E-state index contributed by atoms with van der Waals surface area (Å²) >= 11 is 6.38. The topological polar surface area (TPSA) is 34.4 Å². The van der Waals surface area contributed by atoms with Gasteiger partial charge in [-0.3, -0.25) is 4.57 Å². The average Bonchev–Trinajstić information content (AvgIpc) is 2.35. The SMILES string of the molecule is COCCCn1c(O)csc1=S. The molecule has 0 aromatic carbocycles. The van der Waals surface area contributed by atoms with Gasteiger partial charge in [-0.25, -0.2) is 0 Å². The molecule has 12 heavy (non-hydrogen) atoms. The molecular weight excluding hydrogens is 194 g/mol. The lowest BCUT2D eigenvalue weighted by atomic mass is 10.4. The Morgan fingerprint density at radius 2 is 2.50 bits per heavy atom.